The number of carbonyl (C=O) groups excluding carboxylic acids is 3. The Morgan fingerprint density at radius 2 is 1.59 bits per heavy atom. The molecule has 240 valence electrons. The molecule has 5 aliphatic rings. The largest absolute Gasteiger partial charge is 0.506 e. The Morgan fingerprint density at radius 3 is 2.27 bits per heavy atom. The summed E-state index contributed by atoms with van der Waals surface area (Å²) in [6.07, 6.45) is 10.2. The van der Waals surface area contributed by atoms with E-state index in [2.05, 4.69) is 59.9 Å². The zero-order valence-corrected chi connectivity index (χ0v) is 28.1. The Labute approximate surface area is 263 Å². The Hall–Kier alpha value is -2.63. The molecule has 0 aromatic heterocycles. The quantitative estimate of drug-likeness (QED) is 0.268. The standard InChI is InChI=1S/C38H53NO5/c1-23(40)44-30-14-15-36(6)29(33(30,2)3)13-16-38(8)31(36)28(42)21-24-25-22-35(5,18-17-34(25,4)19-20-37(24,38)7)32(43)39-26-11-9-10-12-27(26)41/h9-12,21,25,29-31,41H,13-20,22H2,1-8H3,(H,39,43)/t25-,29+,30+,31+,34-,35+,36+,37+,38+/m0/s1. The molecule has 6 nitrogen and oxygen atoms in total. The van der Waals surface area contributed by atoms with Crippen LogP contribution in [0.3, 0.4) is 0 Å². The molecule has 0 saturated heterocycles. The number of amides is 1. The lowest BCUT2D eigenvalue weighted by Crippen LogP contribution is -2.66. The summed E-state index contributed by atoms with van der Waals surface area (Å²) in [7, 11) is 0. The van der Waals surface area contributed by atoms with Crippen LogP contribution in [0.15, 0.2) is 35.9 Å². The number of ketones is 1. The smallest absolute Gasteiger partial charge is 0.302 e. The van der Waals surface area contributed by atoms with Gasteiger partial charge in [-0.05, 0) is 109 Å². The third-order valence-corrected chi connectivity index (χ3v) is 14.5. The van der Waals surface area contributed by atoms with Crippen LogP contribution < -0.4 is 5.32 Å². The van der Waals surface area contributed by atoms with Gasteiger partial charge in [0.1, 0.15) is 11.9 Å². The van der Waals surface area contributed by atoms with Gasteiger partial charge in [0.2, 0.25) is 5.91 Å². The van der Waals surface area contributed by atoms with E-state index >= 15 is 0 Å². The molecule has 5 aliphatic carbocycles. The van der Waals surface area contributed by atoms with Gasteiger partial charge in [-0.15, -0.1) is 0 Å². The molecule has 4 saturated carbocycles. The van der Waals surface area contributed by atoms with Crippen molar-refractivity contribution >= 4 is 23.3 Å². The molecule has 1 amide bonds. The summed E-state index contributed by atoms with van der Waals surface area (Å²) in [5.41, 5.74) is 0.482. The fourth-order valence-corrected chi connectivity index (χ4v) is 11.6. The maximum atomic E-state index is 14.6. The van der Waals surface area contributed by atoms with Gasteiger partial charge in [0.25, 0.3) is 0 Å². The number of hydrogen-bond donors (Lipinski definition) is 2. The Bertz CT molecular complexity index is 1430. The molecule has 2 N–H and O–H groups in total. The highest BCUT2D eigenvalue weighted by Crippen LogP contribution is 2.75. The molecule has 0 bridgehead atoms. The van der Waals surface area contributed by atoms with Crippen LogP contribution in [0.25, 0.3) is 0 Å². The molecular formula is C38H53NO5. The second kappa shape index (κ2) is 9.93. The van der Waals surface area contributed by atoms with Crippen LogP contribution >= 0.6 is 0 Å². The van der Waals surface area contributed by atoms with Gasteiger partial charge in [0, 0.05) is 23.7 Å². The van der Waals surface area contributed by atoms with Crippen LogP contribution in [0.1, 0.15) is 113 Å². The highest BCUT2D eigenvalue weighted by atomic mass is 16.5. The predicted octanol–water partition coefficient (Wildman–Crippen LogP) is 8.24. The molecule has 6 heteroatoms. The lowest BCUT2D eigenvalue weighted by Gasteiger charge is -2.70. The molecule has 0 spiro atoms. The van der Waals surface area contributed by atoms with Crippen LogP contribution in [0.2, 0.25) is 0 Å². The number of hydrogen-bond acceptors (Lipinski definition) is 5. The number of carbonyl (C=O) groups is 3. The van der Waals surface area contributed by atoms with Crippen molar-refractivity contribution in [2.75, 3.05) is 5.32 Å². The molecule has 4 fully saturated rings. The van der Waals surface area contributed by atoms with Crippen LogP contribution in [0.4, 0.5) is 5.69 Å². The summed E-state index contributed by atoms with van der Waals surface area (Å²) < 4.78 is 5.86. The number of rotatable bonds is 3. The number of phenolic OH excluding ortho intramolecular Hbond substituents is 1. The molecule has 6 rings (SSSR count). The van der Waals surface area contributed by atoms with E-state index in [1.807, 2.05) is 6.07 Å². The fraction of sp³-hybridized carbons (Fsp3) is 0.711. The van der Waals surface area contributed by atoms with Crippen molar-refractivity contribution in [3.8, 4) is 5.75 Å². The summed E-state index contributed by atoms with van der Waals surface area (Å²) in [6.45, 7) is 17.7. The van der Waals surface area contributed by atoms with E-state index in [-0.39, 0.29) is 68.4 Å². The third-order valence-electron chi connectivity index (χ3n) is 14.5. The maximum absolute atomic E-state index is 14.6. The summed E-state index contributed by atoms with van der Waals surface area (Å²) >= 11 is 0. The summed E-state index contributed by atoms with van der Waals surface area (Å²) in [4.78, 5) is 40.5. The molecular weight excluding hydrogens is 550 g/mol. The fourth-order valence-electron chi connectivity index (χ4n) is 11.6. The first-order valence-corrected chi connectivity index (χ1v) is 16.9. The van der Waals surface area contributed by atoms with Crippen molar-refractivity contribution in [2.24, 2.45) is 50.2 Å². The second-order valence-corrected chi connectivity index (χ2v) is 17.2. The van der Waals surface area contributed by atoms with Gasteiger partial charge in [0.05, 0.1) is 5.69 Å². The first-order chi connectivity index (χ1) is 20.4. The van der Waals surface area contributed by atoms with Gasteiger partial charge in [-0.3, -0.25) is 14.4 Å². The molecule has 0 unspecified atom stereocenters. The molecule has 0 heterocycles. The molecule has 44 heavy (non-hydrogen) atoms. The SMILES string of the molecule is CC(=O)O[C@@H]1CC[C@]2(C)[C@H](CC[C@]3(C)[C@@H]2C(=O)C=C2[C@@H]4C[C@](C)(C(=O)Nc5ccccc5O)CC[C@@]4(C)CC[C@]23C)C1(C)C. The van der Waals surface area contributed by atoms with Gasteiger partial charge < -0.3 is 15.2 Å². The number of nitrogens with one attached hydrogen (secondary N) is 1. The maximum Gasteiger partial charge on any atom is 0.302 e. The summed E-state index contributed by atoms with van der Waals surface area (Å²) in [5, 5.41) is 13.4. The molecule has 0 aliphatic heterocycles. The first-order valence-electron chi connectivity index (χ1n) is 16.9. The van der Waals surface area contributed by atoms with E-state index in [0.717, 1.165) is 51.4 Å². The van der Waals surface area contributed by atoms with Gasteiger partial charge in [-0.2, -0.15) is 0 Å². The van der Waals surface area contributed by atoms with E-state index in [1.165, 1.54) is 12.5 Å². The Balaban J connectivity index is 1.35. The summed E-state index contributed by atoms with van der Waals surface area (Å²) in [5.74, 6) is 0.425. The van der Waals surface area contributed by atoms with Crippen molar-refractivity contribution in [3.63, 3.8) is 0 Å². The molecule has 0 radical (unpaired) electrons. The van der Waals surface area contributed by atoms with E-state index in [1.54, 1.807) is 18.2 Å². The van der Waals surface area contributed by atoms with Crippen LogP contribution in [-0.4, -0.2) is 28.9 Å². The van der Waals surface area contributed by atoms with Gasteiger partial charge in [0.15, 0.2) is 5.78 Å². The number of benzene rings is 1. The zero-order valence-electron chi connectivity index (χ0n) is 28.1. The number of anilines is 1. The second-order valence-electron chi connectivity index (χ2n) is 17.2. The van der Waals surface area contributed by atoms with Gasteiger partial charge in [-0.1, -0.05) is 66.2 Å². The minimum atomic E-state index is -0.602. The molecule has 9 atom stereocenters. The minimum absolute atomic E-state index is 0.0503. The lowest BCUT2D eigenvalue weighted by atomic mass is 9.33. The number of phenols is 1. The van der Waals surface area contributed by atoms with E-state index in [9.17, 15) is 19.5 Å². The summed E-state index contributed by atoms with van der Waals surface area (Å²) in [6, 6.07) is 6.90. The monoisotopic (exact) mass is 603 g/mol. The highest BCUT2D eigenvalue weighted by molar-refractivity contribution is 5.97. The number of ether oxygens (including phenoxy) is 1. The normalized spacial score (nSPS) is 44.2. The Kier molecular flexibility index (Phi) is 7.08. The van der Waals surface area contributed by atoms with Crippen molar-refractivity contribution < 1.29 is 24.2 Å². The van der Waals surface area contributed by atoms with Crippen molar-refractivity contribution in [2.45, 2.75) is 119 Å². The Morgan fingerprint density at radius 1 is 0.909 bits per heavy atom. The number of para-hydroxylation sites is 2. The topological polar surface area (TPSA) is 92.7 Å². The lowest BCUT2D eigenvalue weighted by molar-refractivity contribution is -0.210. The van der Waals surface area contributed by atoms with E-state index in [4.69, 9.17) is 4.74 Å². The van der Waals surface area contributed by atoms with Gasteiger partial charge in [-0.25, -0.2) is 0 Å². The van der Waals surface area contributed by atoms with Crippen LogP contribution in [0.5, 0.6) is 5.75 Å². The molecule has 1 aromatic rings. The molecule has 1 aromatic carbocycles. The van der Waals surface area contributed by atoms with Crippen LogP contribution in [0, 0.1) is 50.2 Å². The predicted molar refractivity (Wildman–Crippen MR) is 172 cm³/mol. The van der Waals surface area contributed by atoms with E-state index in [0.29, 0.717) is 18.0 Å². The minimum Gasteiger partial charge on any atom is -0.506 e. The van der Waals surface area contributed by atoms with Crippen LogP contribution in [-0.2, 0) is 19.1 Å². The zero-order chi connectivity index (χ0) is 32.1. The number of esters is 1. The first kappa shape index (κ1) is 31.4. The number of aromatic hydroxyl groups is 1. The van der Waals surface area contributed by atoms with E-state index < -0.39 is 5.41 Å². The van der Waals surface area contributed by atoms with Crippen molar-refractivity contribution in [3.05, 3.63) is 35.9 Å². The number of fused-ring (bicyclic) bond motifs is 7. The van der Waals surface area contributed by atoms with Crippen molar-refractivity contribution in [1.82, 2.24) is 0 Å². The highest BCUT2D eigenvalue weighted by Gasteiger charge is 2.70. The average Bonchev–Trinajstić information content (AvgIpc) is 2.93. The van der Waals surface area contributed by atoms with Crippen molar-refractivity contribution in [1.29, 1.82) is 0 Å². The average molecular weight is 604 g/mol. The number of allylic oxidation sites excluding steroid dienone is 2. The van der Waals surface area contributed by atoms with Gasteiger partial charge >= 0.3 is 5.97 Å². The third kappa shape index (κ3) is 4.28.